The largest absolute Gasteiger partial charge is 0.468 e. The van der Waals surface area contributed by atoms with Gasteiger partial charge in [-0.3, -0.25) is 4.79 Å². The van der Waals surface area contributed by atoms with Gasteiger partial charge in [0.15, 0.2) is 0 Å². The number of fused-ring (bicyclic) bond motifs is 1. The molecule has 2 aromatic carbocycles. The number of benzene rings is 2. The normalized spacial score (nSPS) is 14.3. The summed E-state index contributed by atoms with van der Waals surface area (Å²) in [5.41, 5.74) is 5.61. The predicted octanol–water partition coefficient (Wildman–Crippen LogP) is 5.62. The lowest BCUT2D eigenvalue weighted by Crippen LogP contribution is -2.26. The Morgan fingerprint density at radius 2 is 1.82 bits per heavy atom. The molecule has 1 N–H and O–H groups in total. The monoisotopic (exact) mass is 539 g/mol. The number of nitrogens with zero attached hydrogens (tertiary/aromatic N) is 2. The summed E-state index contributed by atoms with van der Waals surface area (Å²) in [6.45, 7) is 2.43. The van der Waals surface area contributed by atoms with Crippen LogP contribution >= 0.6 is 11.6 Å². The maximum atomic E-state index is 12.7. The summed E-state index contributed by atoms with van der Waals surface area (Å²) in [5, 5.41) is 5.27. The van der Waals surface area contributed by atoms with E-state index < -0.39 is 5.97 Å². The van der Waals surface area contributed by atoms with Gasteiger partial charge in [0.1, 0.15) is 6.54 Å². The third-order valence-corrected chi connectivity index (χ3v) is 7.66. The van der Waals surface area contributed by atoms with Crippen LogP contribution in [0, 0.1) is 0 Å². The average molecular weight is 540 g/mol. The van der Waals surface area contributed by atoms with Crippen molar-refractivity contribution in [3.8, 4) is 11.3 Å². The van der Waals surface area contributed by atoms with E-state index >= 15 is 0 Å². The van der Waals surface area contributed by atoms with Gasteiger partial charge >= 0.3 is 11.9 Å². The van der Waals surface area contributed by atoms with Crippen LogP contribution in [0.15, 0.2) is 36.4 Å². The summed E-state index contributed by atoms with van der Waals surface area (Å²) in [7, 11) is 6.88. The minimum absolute atomic E-state index is 0.0375. The van der Waals surface area contributed by atoms with Gasteiger partial charge in [-0.2, -0.15) is 0 Å². The molecule has 38 heavy (non-hydrogen) atoms. The highest BCUT2D eigenvalue weighted by molar-refractivity contribution is 6.30. The minimum Gasteiger partial charge on any atom is -0.468 e. The molecule has 1 aromatic heterocycles. The van der Waals surface area contributed by atoms with Crippen molar-refractivity contribution in [2.24, 2.45) is 0 Å². The molecule has 1 aliphatic carbocycles. The van der Waals surface area contributed by atoms with Crippen LogP contribution in [0.5, 0.6) is 0 Å². The number of carbonyl (C=O) groups excluding carboxylic acids is 2. The Balaban J connectivity index is 1.96. The molecule has 3 aromatic rings. The Labute approximate surface area is 230 Å². The van der Waals surface area contributed by atoms with E-state index in [0.717, 1.165) is 53.7 Å². The van der Waals surface area contributed by atoms with Crippen LogP contribution < -0.4 is 5.32 Å². The molecule has 7 nitrogen and oxygen atoms in total. The van der Waals surface area contributed by atoms with E-state index in [1.807, 2.05) is 34.9 Å². The van der Waals surface area contributed by atoms with Gasteiger partial charge in [-0.1, -0.05) is 43.0 Å². The first-order chi connectivity index (χ1) is 18.3. The van der Waals surface area contributed by atoms with Gasteiger partial charge in [-0.25, -0.2) is 4.79 Å². The maximum Gasteiger partial charge on any atom is 0.337 e. The van der Waals surface area contributed by atoms with E-state index in [-0.39, 0.29) is 12.5 Å². The van der Waals surface area contributed by atoms with E-state index in [4.69, 9.17) is 21.1 Å². The molecule has 1 heterocycles. The van der Waals surface area contributed by atoms with E-state index in [9.17, 15) is 9.59 Å². The van der Waals surface area contributed by atoms with Gasteiger partial charge in [0.2, 0.25) is 0 Å². The fourth-order valence-electron chi connectivity index (χ4n) is 5.54. The number of hydrogen-bond acceptors (Lipinski definition) is 6. The number of aromatic nitrogens is 1. The summed E-state index contributed by atoms with van der Waals surface area (Å²) in [5.74, 6) is -0.397. The zero-order chi connectivity index (χ0) is 27.2. The molecule has 204 valence electrons. The minimum atomic E-state index is -0.407. The molecule has 0 unspecified atom stereocenters. The van der Waals surface area contributed by atoms with Crippen LogP contribution in [-0.4, -0.2) is 62.8 Å². The van der Waals surface area contributed by atoms with Gasteiger partial charge in [-0.15, -0.1) is 0 Å². The summed E-state index contributed by atoms with van der Waals surface area (Å²) in [6, 6.07) is 11.6. The number of carbonyl (C=O) groups is 2. The first-order valence-electron chi connectivity index (χ1n) is 13.3. The number of hydrogen-bond donors (Lipinski definition) is 1. The standard InChI is InChI=1S/C30H38ClN3O4/c1-33(2)15-14-32-18-22-16-23(31)11-13-24(22)29-28(20-8-6-5-7-9-20)25-12-10-21(30(36)38-4)17-26(25)34(29)19-27(35)37-3/h10-13,16-17,20,32H,5-9,14-15,18-19H2,1-4H3. The molecule has 0 amide bonds. The van der Waals surface area contributed by atoms with Gasteiger partial charge < -0.3 is 24.3 Å². The van der Waals surface area contributed by atoms with Crippen molar-refractivity contribution >= 4 is 34.4 Å². The Bertz CT molecular complexity index is 1290. The number of rotatable bonds is 10. The van der Waals surface area contributed by atoms with Crippen molar-refractivity contribution in [2.75, 3.05) is 41.4 Å². The molecule has 1 fully saturated rings. The number of esters is 2. The number of ether oxygens (including phenoxy) is 2. The lowest BCUT2D eigenvalue weighted by molar-refractivity contribution is -0.141. The molecule has 4 rings (SSSR count). The van der Waals surface area contributed by atoms with Gasteiger partial charge in [0, 0.05) is 35.6 Å². The van der Waals surface area contributed by atoms with Gasteiger partial charge in [0.25, 0.3) is 0 Å². The predicted molar refractivity (Wildman–Crippen MR) is 152 cm³/mol. The molecule has 0 saturated heterocycles. The van der Waals surface area contributed by atoms with Crippen molar-refractivity contribution in [1.29, 1.82) is 0 Å². The second kappa shape index (κ2) is 12.8. The molecule has 1 saturated carbocycles. The Morgan fingerprint density at radius 1 is 1.05 bits per heavy atom. The van der Waals surface area contributed by atoms with Crippen molar-refractivity contribution in [3.63, 3.8) is 0 Å². The fraction of sp³-hybridized carbons (Fsp3) is 0.467. The SMILES string of the molecule is COC(=O)Cn1c(-c2ccc(Cl)cc2CNCCN(C)C)c(C2CCCCC2)c2ccc(C(=O)OC)cc21. The molecular formula is C30H38ClN3O4. The summed E-state index contributed by atoms with van der Waals surface area (Å²) < 4.78 is 12.1. The zero-order valence-corrected chi connectivity index (χ0v) is 23.6. The molecule has 8 heteroatoms. The summed E-state index contributed by atoms with van der Waals surface area (Å²) >= 11 is 6.48. The highest BCUT2D eigenvalue weighted by Gasteiger charge is 2.29. The Kier molecular flexibility index (Phi) is 9.47. The number of nitrogens with one attached hydrogen (secondary N) is 1. The summed E-state index contributed by atoms with van der Waals surface area (Å²) in [6.07, 6.45) is 5.77. The molecule has 0 spiro atoms. The molecule has 0 radical (unpaired) electrons. The van der Waals surface area contributed by atoms with Crippen molar-refractivity contribution < 1.29 is 19.1 Å². The average Bonchev–Trinajstić information content (AvgIpc) is 3.23. The van der Waals surface area contributed by atoms with Crippen molar-refractivity contribution in [3.05, 3.63) is 58.1 Å². The first-order valence-corrected chi connectivity index (χ1v) is 13.7. The lowest BCUT2D eigenvalue weighted by atomic mass is 9.81. The van der Waals surface area contributed by atoms with Crippen LogP contribution in [0.3, 0.4) is 0 Å². The number of likely N-dealkylation sites (N-methyl/N-ethyl adjacent to an activating group) is 1. The number of methoxy groups -OCH3 is 2. The van der Waals surface area contributed by atoms with Gasteiger partial charge in [0.05, 0.1) is 31.0 Å². The highest BCUT2D eigenvalue weighted by atomic mass is 35.5. The Morgan fingerprint density at radius 3 is 2.50 bits per heavy atom. The first kappa shape index (κ1) is 28.1. The second-order valence-corrected chi connectivity index (χ2v) is 10.7. The number of halogens is 1. The van der Waals surface area contributed by atoms with Gasteiger partial charge in [-0.05, 0) is 68.2 Å². The molecule has 0 bridgehead atoms. The van der Waals surface area contributed by atoms with Crippen LogP contribution in [-0.2, 0) is 27.4 Å². The van der Waals surface area contributed by atoms with Crippen molar-refractivity contribution in [1.82, 2.24) is 14.8 Å². The van der Waals surface area contributed by atoms with Crippen LogP contribution in [0.4, 0.5) is 0 Å². The molecule has 1 aliphatic rings. The fourth-order valence-corrected chi connectivity index (χ4v) is 5.73. The van der Waals surface area contributed by atoms with Crippen molar-refractivity contribution in [2.45, 2.75) is 51.1 Å². The molecule has 0 atom stereocenters. The van der Waals surface area contributed by atoms with Crippen LogP contribution in [0.1, 0.15) is 59.5 Å². The lowest BCUT2D eigenvalue weighted by Gasteiger charge is -2.24. The van der Waals surface area contributed by atoms with E-state index in [2.05, 4.69) is 30.4 Å². The highest BCUT2D eigenvalue weighted by Crippen LogP contribution is 2.45. The quantitative estimate of drug-likeness (QED) is 0.266. The Hall–Kier alpha value is -2.87. The van der Waals surface area contributed by atoms with E-state index in [1.54, 1.807) is 0 Å². The molecular weight excluding hydrogens is 502 g/mol. The smallest absolute Gasteiger partial charge is 0.337 e. The zero-order valence-electron chi connectivity index (χ0n) is 22.8. The van der Waals surface area contributed by atoms with E-state index in [1.165, 1.54) is 39.0 Å². The second-order valence-electron chi connectivity index (χ2n) is 10.3. The maximum absolute atomic E-state index is 12.7. The van der Waals surface area contributed by atoms with E-state index in [0.29, 0.717) is 23.0 Å². The molecule has 0 aliphatic heterocycles. The third-order valence-electron chi connectivity index (χ3n) is 7.43. The van der Waals surface area contributed by atoms with Crippen LogP contribution in [0.25, 0.3) is 22.2 Å². The topological polar surface area (TPSA) is 72.8 Å². The third kappa shape index (κ3) is 6.22. The summed E-state index contributed by atoms with van der Waals surface area (Å²) in [4.78, 5) is 27.3. The van der Waals surface area contributed by atoms with Crippen LogP contribution in [0.2, 0.25) is 5.02 Å².